The van der Waals surface area contributed by atoms with Crippen molar-refractivity contribution in [1.82, 2.24) is 4.98 Å². The molecule has 1 rings (SSSR count). The predicted octanol–water partition coefficient (Wildman–Crippen LogP) is 2.06. The van der Waals surface area contributed by atoms with Crippen LogP contribution in [0.2, 0.25) is 0 Å². The standard InChI is InChI=1S/C14H20N2O3/c1-5-13(17)12-7-6-11(8-15-12)16(10(2)3)9-14(18)19-4/h6-8,10H,5,9H2,1-4H3. The summed E-state index contributed by atoms with van der Waals surface area (Å²) in [6.07, 6.45) is 2.05. The fraction of sp³-hybridized carbons (Fsp3) is 0.500. The van der Waals surface area contributed by atoms with Gasteiger partial charge in [-0.3, -0.25) is 14.6 Å². The normalized spacial score (nSPS) is 10.4. The highest BCUT2D eigenvalue weighted by atomic mass is 16.5. The molecule has 0 saturated carbocycles. The van der Waals surface area contributed by atoms with E-state index >= 15 is 0 Å². The zero-order valence-corrected chi connectivity index (χ0v) is 11.8. The summed E-state index contributed by atoms with van der Waals surface area (Å²) in [5, 5.41) is 0. The third-order valence-electron chi connectivity index (χ3n) is 2.84. The van der Waals surface area contributed by atoms with Crippen molar-refractivity contribution in [3.63, 3.8) is 0 Å². The molecule has 0 spiro atoms. The molecule has 0 bridgehead atoms. The first-order valence-corrected chi connectivity index (χ1v) is 6.32. The van der Waals surface area contributed by atoms with Crippen LogP contribution in [0.15, 0.2) is 18.3 Å². The Morgan fingerprint density at radius 2 is 2.05 bits per heavy atom. The van der Waals surface area contributed by atoms with Crippen molar-refractivity contribution in [3.05, 3.63) is 24.0 Å². The number of pyridine rings is 1. The summed E-state index contributed by atoms with van der Waals surface area (Å²) in [6.45, 7) is 5.93. The molecule has 0 amide bonds. The van der Waals surface area contributed by atoms with E-state index in [0.29, 0.717) is 12.1 Å². The molecule has 0 aliphatic carbocycles. The summed E-state index contributed by atoms with van der Waals surface area (Å²) in [5.41, 5.74) is 1.25. The van der Waals surface area contributed by atoms with Crippen LogP contribution >= 0.6 is 0 Å². The molecule has 0 atom stereocenters. The van der Waals surface area contributed by atoms with Gasteiger partial charge in [0.2, 0.25) is 0 Å². The lowest BCUT2D eigenvalue weighted by molar-refractivity contribution is -0.139. The lowest BCUT2D eigenvalue weighted by Crippen LogP contribution is -2.36. The Kier molecular flexibility index (Phi) is 5.48. The van der Waals surface area contributed by atoms with Crippen molar-refractivity contribution in [3.8, 4) is 0 Å². The Morgan fingerprint density at radius 3 is 2.47 bits per heavy atom. The van der Waals surface area contributed by atoms with Crippen LogP contribution in [0.25, 0.3) is 0 Å². The van der Waals surface area contributed by atoms with E-state index in [4.69, 9.17) is 0 Å². The second kappa shape index (κ2) is 6.87. The Labute approximate surface area is 113 Å². The number of hydrogen-bond acceptors (Lipinski definition) is 5. The zero-order chi connectivity index (χ0) is 14.4. The molecule has 1 heterocycles. The lowest BCUT2D eigenvalue weighted by Gasteiger charge is -2.27. The summed E-state index contributed by atoms with van der Waals surface area (Å²) < 4.78 is 4.68. The lowest BCUT2D eigenvalue weighted by atomic mass is 10.2. The van der Waals surface area contributed by atoms with Gasteiger partial charge in [0.25, 0.3) is 0 Å². The van der Waals surface area contributed by atoms with Gasteiger partial charge < -0.3 is 9.64 Å². The summed E-state index contributed by atoms with van der Waals surface area (Å²) in [5.74, 6) is -0.293. The maximum Gasteiger partial charge on any atom is 0.325 e. The fourth-order valence-corrected chi connectivity index (χ4v) is 1.68. The van der Waals surface area contributed by atoms with Crippen molar-refractivity contribution in [2.24, 2.45) is 0 Å². The molecule has 0 fully saturated rings. The summed E-state index contributed by atoms with van der Waals surface area (Å²) in [7, 11) is 1.36. The maximum atomic E-state index is 11.5. The number of aromatic nitrogens is 1. The van der Waals surface area contributed by atoms with Gasteiger partial charge in [0.1, 0.15) is 12.2 Å². The third-order valence-corrected chi connectivity index (χ3v) is 2.84. The van der Waals surface area contributed by atoms with E-state index in [2.05, 4.69) is 9.72 Å². The van der Waals surface area contributed by atoms with E-state index in [1.807, 2.05) is 18.7 Å². The largest absolute Gasteiger partial charge is 0.468 e. The number of Topliss-reactive ketones (excluding diaryl/α,β-unsaturated/α-hetero) is 1. The number of carbonyl (C=O) groups is 2. The number of methoxy groups -OCH3 is 1. The number of ether oxygens (including phenoxy) is 1. The number of esters is 1. The minimum atomic E-state index is -0.303. The number of carbonyl (C=O) groups excluding carboxylic acids is 2. The minimum Gasteiger partial charge on any atom is -0.468 e. The average Bonchev–Trinajstić information content (AvgIpc) is 2.43. The van der Waals surface area contributed by atoms with Crippen LogP contribution in [0.3, 0.4) is 0 Å². The highest BCUT2D eigenvalue weighted by molar-refractivity contribution is 5.94. The molecule has 19 heavy (non-hydrogen) atoms. The van der Waals surface area contributed by atoms with Crippen LogP contribution in [0.1, 0.15) is 37.7 Å². The number of rotatable bonds is 6. The van der Waals surface area contributed by atoms with Crippen LogP contribution in [-0.4, -0.2) is 36.4 Å². The van der Waals surface area contributed by atoms with Crippen molar-refractivity contribution in [2.45, 2.75) is 33.2 Å². The zero-order valence-electron chi connectivity index (χ0n) is 11.8. The van der Waals surface area contributed by atoms with Crippen LogP contribution in [0.5, 0.6) is 0 Å². The Hall–Kier alpha value is -1.91. The first-order valence-electron chi connectivity index (χ1n) is 6.32. The van der Waals surface area contributed by atoms with E-state index in [0.717, 1.165) is 5.69 Å². The van der Waals surface area contributed by atoms with E-state index < -0.39 is 0 Å². The van der Waals surface area contributed by atoms with Gasteiger partial charge in [-0.15, -0.1) is 0 Å². The molecular formula is C14H20N2O3. The smallest absolute Gasteiger partial charge is 0.325 e. The van der Waals surface area contributed by atoms with E-state index in [-0.39, 0.29) is 24.3 Å². The molecule has 0 saturated heterocycles. The van der Waals surface area contributed by atoms with E-state index in [9.17, 15) is 9.59 Å². The van der Waals surface area contributed by atoms with Gasteiger partial charge >= 0.3 is 5.97 Å². The second-order valence-corrected chi connectivity index (χ2v) is 4.48. The topological polar surface area (TPSA) is 59.5 Å². The van der Waals surface area contributed by atoms with Gasteiger partial charge in [-0.05, 0) is 26.0 Å². The molecule has 5 heteroatoms. The molecule has 104 valence electrons. The maximum absolute atomic E-state index is 11.5. The van der Waals surface area contributed by atoms with Crippen molar-refractivity contribution in [1.29, 1.82) is 0 Å². The summed E-state index contributed by atoms with van der Waals surface area (Å²) in [6, 6.07) is 3.63. The molecule has 0 aliphatic heterocycles. The van der Waals surface area contributed by atoms with Crippen molar-refractivity contribution < 1.29 is 14.3 Å². The van der Waals surface area contributed by atoms with Gasteiger partial charge in [0, 0.05) is 12.5 Å². The first-order chi connectivity index (χ1) is 8.99. The van der Waals surface area contributed by atoms with Gasteiger partial charge in [0.15, 0.2) is 5.78 Å². The highest BCUT2D eigenvalue weighted by Crippen LogP contribution is 2.16. The Bertz CT molecular complexity index is 441. The monoisotopic (exact) mass is 264 g/mol. The van der Waals surface area contributed by atoms with Crippen LogP contribution in [-0.2, 0) is 9.53 Å². The Morgan fingerprint density at radius 1 is 1.37 bits per heavy atom. The van der Waals surface area contributed by atoms with Gasteiger partial charge in [-0.2, -0.15) is 0 Å². The van der Waals surface area contributed by atoms with Crippen LogP contribution in [0.4, 0.5) is 5.69 Å². The molecule has 0 radical (unpaired) electrons. The molecular weight excluding hydrogens is 244 g/mol. The van der Waals surface area contributed by atoms with Crippen molar-refractivity contribution in [2.75, 3.05) is 18.6 Å². The SMILES string of the molecule is CCC(=O)c1ccc(N(CC(=O)OC)C(C)C)cn1. The molecule has 1 aromatic rings. The van der Waals surface area contributed by atoms with Gasteiger partial charge in [-0.25, -0.2) is 0 Å². The quantitative estimate of drug-likeness (QED) is 0.581. The van der Waals surface area contributed by atoms with Crippen molar-refractivity contribution >= 4 is 17.4 Å². The molecule has 5 nitrogen and oxygen atoms in total. The number of ketones is 1. The summed E-state index contributed by atoms with van der Waals surface area (Å²) in [4.78, 5) is 28.9. The number of anilines is 1. The minimum absolute atomic E-state index is 0.00983. The van der Waals surface area contributed by atoms with Gasteiger partial charge in [0.05, 0.1) is 19.0 Å². The molecule has 0 unspecified atom stereocenters. The number of nitrogens with zero attached hydrogens (tertiary/aromatic N) is 2. The Balaban J connectivity index is 2.91. The molecule has 0 N–H and O–H groups in total. The van der Waals surface area contributed by atoms with E-state index in [1.165, 1.54) is 7.11 Å². The van der Waals surface area contributed by atoms with Crippen LogP contribution < -0.4 is 4.90 Å². The molecule has 0 aliphatic rings. The highest BCUT2D eigenvalue weighted by Gasteiger charge is 2.16. The first kappa shape index (κ1) is 15.1. The average molecular weight is 264 g/mol. The number of hydrogen-bond donors (Lipinski definition) is 0. The second-order valence-electron chi connectivity index (χ2n) is 4.48. The molecule has 1 aromatic heterocycles. The predicted molar refractivity (Wildman–Crippen MR) is 73.4 cm³/mol. The van der Waals surface area contributed by atoms with Crippen LogP contribution in [0, 0.1) is 0 Å². The fourth-order valence-electron chi connectivity index (χ4n) is 1.68. The molecule has 0 aromatic carbocycles. The third kappa shape index (κ3) is 4.05. The van der Waals surface area contributed by atoms with Gasteiger partial charge in [-0.1, -0.05) is 6.92 Å². The summed E-state index contributed by atoms with van der Waals surface area (Å²) >= 11 is 0. The van der Waals surface area contributed by atoms with E-state index in [1.54, 1.807) is 25.3 Å².